The molecule has 0 aromatic heterocycles. The number of hydrogen-bond acceptors (Lipinski definition) is 6. The Balaban J connectivity index is 1.60. The number of nitrogens with two attached hydrogens (primary N) is 1. The van der Waals surface area contributed by atoms with Gasteiger partial charge >= 0.3 is 0 Å². The van der Waals surface area contributed by atoms with Crippen molar-refractivity contribution < 1.29 is 19.1 Å². The van der Waals surface area contributed by atoms with Crippen molar-refractivity contribution in [3.05, 3.63) is 71.8 Å². The smallest absolute Gasteiger partial charge is 0.254 e. The minimum Gasteiger partial charge on any atom is -0.374 e. The number of likely N-dealkylation sites (tertiary alicyclic amines) is 1. The van der Waals surface area contributed by atoms with Crippen molar-refractivity contribution in [3.8, 4) is 0 Å². The normalized spacial score (nSPS) is 21.2. The van der Waals surface area contributed by atoms with Crippen LogP contribution in [0.1, 0.15) is 38.8 Å². The Morgan fingerprint density at radius 1 is 1.08 bits per heavy atom. The van der Waals surface area contributed by atoms with Gasteiger partial charge < -0.3 is 20.7 Å². The molecule has 2 aromatic rings. The van der Waals surface area contributed by atoms with E-state index in [4.69, 9.17) is 10.5 Å². The lowest BCUT2D eigenvalue weighted by molar-refractivity contribution is -0.143. The van der Waals surface area contributed by atoms with Crippen LogP contribution in [-0.4, -0.2) is 59.6 Å². The fourth-order valence-electron chi connectivity index (χ4n) is 5.24. The third-order valence-electron chi connectivity index (χ3n) is 7.09. The lowest BCUT2D eigenvalue weighted by Crippen LogP contribution is -2.65. The first kappa shape index (κ1) is 27.5. The zero-order valence-corrected chi connectivity index (χ0v) is 22.5. The molecule has 3 amide bonds. The topological polar surface area (TPSA) is 126 Å². The van der Waals surface area contributed by atoms with Gasteiger partial charge in [0.15, 0.2) is 0 Å². The van der Waals surface area contributed by atoms with Crippen LogP contribution in [-0.2, 0) is 32.1 Å². The molecule has 38 heavy (non-hydrogen) atoms. The summed E-state index contributed by atoms with van der Waals surface area (Å²) in [5, 5.41) is 7.22. The highest BCUT2D eigenvalue weighted by Crippen LogP contribution is 2.43. The van der Waals surface area contributed by atoms with Crippen molar-refractivity contribution in [1.29, 1.82) is 0 Å². The van der Waals surface area contributed by atoms with Gasteiger partial charge in [-0.2, -0.15) is 5.10 Å². The molecule has 1 saturated heterocycles. The van der Waals surface area contributed by atoms with Crippen LogP contribution in [0.15, 0.2) is 65.8 Å². The molecule has 2 aliphatic heterocycles. The first-order valence-corrected chi connectivity index (χ1v) is 12.9. The molecule has 0 saturated carbocycles. The number of hydrogen-bond donors (Lipinski definition) is 3. The van der Waals surface area contributed by atoms with Gasteiger partial charge in [0.1, 0.15) is 11.5 Å². The lowest BCUT2D eigenvalue weighted by atomic mass is 9.64. The highest BCUT2D eigenvalue weighted by Gasteiger charge is 2.58. The van der Waals surface area contributed by atoms with Gasteiger partial charge in [-0.1, -0.05) is 74.5 Å². The molecule has 0 spiro atoms. The van der Waals surface area contributed by atoms with Crippen molar-refractivity contribution in [2.24, 2.45) is 21.7 Å². The molecule has 2 aliphatic rings. The van der Waals surface area contributed by atoms with Crippen LogP contribution in [0.4, 0.5) is 0 Å². The molecule has 0 radical (unpaired) electrons. The van der Waals surface area contributed by atoms with Crippen LogP contribution in [0.5, 0.6) is 0 Å². The standard InChI is InChI=1S/C29H37N5O4/c1-27(2)18-34(19-29(24(27)32-33-26(29)37)15-20-11-7-5-8-12-20)23(35)22(31-25(36)28(3,4)30)17-38-16-21-13-9-6-10-14-21/h5-14,22H,15-19,30H2,1-4H3,(H,31,36)(H,33,37)/t22-,29?/m1/s1. The van der Waals surface area contributed by atoms with Crippen molar-refractivity contribution in [2.45, 2.75) is 52.3 Å². The Bertz CT molecular complexity index is 1210. The largest absolute Gasteiger partial charge is 0.374 e. The Labute approximate surface area is 223 Å². The van der Waals surface area contributed by atoms with Gasteiger partial charge in [0.25, 0.3) is 5.91 Å². The van der Waals surface area contributed by atoms with E-state index in [0.717, 1.165) is 16.8 Å². The molecule has 1 unspecified atom stereocenters. The number of hydrazone groups is 1. The molecule has 4 rings (SSSR count). The molecule has 1 fully saturated rings. The number of carbonyl (C=O) groups excluding carboxylic acids is 3. The fraction of sp³-hybridized carbons (Fsp3) is 0.448. The van der Waals surface area contributed by atoms with E-state index in [1.165, 1.54) is 0 Å². The third kappa shape index (κ3) is 5.79. The summed E-state index contributed by atoms with van der Waals surface area (Å²) < 4.78 is 5.88. The molecular formula is C29H37N5O4. The van der Waals surface area contributed by atoms with E-state index in [1.54, 1.807) is 18.7 Å². The van der Waals surface area contributed by atoms with E-state index in [-0.39, 0.29) is 31.6 Å². The van der Waals surface area contributed by atoms with E-state index in [2.05, 4.69) is 15.8 Å². The van der Waals surface area contributed by atoms with Gasteiger partial charge in [-0.3, -0.25) is 14.4 Å². The number of fused-ring (bicyclic) bond motifs is 1. The minimum absolute atomic E-state index is 0.0364. The highest BCUT2D eigenvalue weighted by molar-refractivity contribution is 6.16. The fourth-order valence-corrected chi connectivity index (χ4v) is 5.24. The summed E-state index contributed by atoms with van der Waals surface area (Å²) in [5.74, 6) is -1.02. The van der Waals surface area contributed by atoms with Crippen LogP contribution >= 0.6 is 0 Å². The Kier molecular flexibility index (Phi) is 7.71. The summed E-state index contributed by atoms with van der Waals surface area (Å²) in [7, 11) is 0. The molecule has 202 valence electrons. The van der Waals surface area contributed by atoms with Gasteiger partial charge in [0.05, 0.1) is 24.5 Å². The number of rotatable bonds is 9. The van der Waals surface area contributed by atoms with Crippen LogP contribution in [0.3, 0.4) is 0 Å². The molecule has 9 nitrogen and oxygen atoms in total. The summed E-state index contributed by atoms with van der Waals surface area (Å²) in [4.78, 5) is 41.8. The van der Waals surface area contributed by atoms with E-state index in [9.17, 15) is 14.4 Å². The Morgan fingerprint density at radius 2 is 1.68 bits per heavy atom. The summed E-state index contributed by atoms with van der Waals surface area (Å²) in [6, 6.07) is 18.3. The molecule has 4 N–H and O–H groups in total. The zero-order valence-electron chi connectivity index (χ0n) is 22.5. The van der Waals surface area contributed by atoms with E-state index in [0.29, 0.717) is 13.0 Å². The summed E-state index contributed by atoms with van der Waals surface area (Å²) in [6.45, 7) is 7.86. The second kappa shape index (κ2) is 10.7. The molecule has 2 aromatic carbocycles. The number of benzene rings is 2. The molecule has 0 bridgehead atoms. The van der Waals surface area contributed by atoms with Crippen molar-refractivity contribution in [1.82, 2.24) is 15.6 Å². The Hall–Kier alpha value is -3.56. The van der Waals surface area contributed by atoms with E-state index < -0.39 is 28.3 Å². The lowest BCUT2D eigenvalue weighted by Gasteiger charge is -2.47. The first-order valence-electron chi connectivity index (χ1n) is 12.9. The first-order chi connectivity index (χ1) is 17.9. The maximum Gasteiger partial charge on any atom is 0.254 e. The maximum absolute atomic E-state index is 14.0. The van der Waals surface area contributed by atoms with Gasteiger partial charge in [-0.25, -0.2) is 5.43 Å². The van der Waals surface area contributed by atoms with Gasteiger partial charge in [-0.15, -0.1) is 0 Å². The summed E-state index contributed by atoms with van der Waals surface area (Å²) >= 11 is 0. The van der Waals surface area contributed by atoms with E-state index >= 15 is 0 Å². The number of nitrogens with one attached hydrogen (secondary N) is 2. The molecular weight excluding hydrogens is 482 g/mol. The Morgan fingerprint density at radius 3 is 2.29 bits per heavy atom. The SMILES string of the molecule is CC(C)(N)C(=O)N[C@H](COCc1ccccc1)C(=O)N1CC(C)(C)C2=NNC(=O)C2(Cc2ccccc2)C1. The van der Waals surface area contributed by atoms with Crippen molar-refractivity contribution in [3.63, 3.8) is 0 Å². The summed E-state index contributed by atoms with van der Waals surface area (Å²) in [5.41, 5.74) is 8.59. The number of carbonyl (C=O) groups is 3. The minimum atomic E-state index is -1.18. The van der Waals surface area contributed by atoms with Crippen molar-refractivity contribution >= 4 is 23.4 Å². The number of ether oxygens (including phenoxy) is 1. The number of nitrogens with zero attached hydrogens (tertiary/aromatic N) is 2. The quantitative estimate of drug-likeness (QED) is 0.467. The predicted octanol–water partition coefficient (Wildman–Crippen LogP) is 2.01. The maximum atomic E-state index is 14.0. The second-order valence-corrected chi connectivity index (χ2v) is 11.5. The van der Waals surface area contributed by atoms with Gasteiger partial charge in [-0.05, 0) is 31.4 Å². The molecule has 2 heterocycles. The molecule has 9 heteroatoms. The third-order valence-corrected chi connectivity index (χ3v) is 7.09. The number of amides is 3. The van der Waals surface area contributed by atoms with Crippen LogP contribution in [0, 0.1) is 10.8 Å². The van der Waals surface area contributed by atoms with Gasteiger partial charge in [0.2, 0.25) is 11.8 Å². The predicted molar refractivity (Wildman–Crippen MR) is 145 cm³/mol. The zero-order chi connectivity index (χ0) is 27.6. The van der Waals surface area contributed by atoms with Crippen LogP contribution < -0.4 is 16.5 Å². The average Bonchev–Trinajstić information content (AvgIpc) is 3.19. The average molecular weight is 520 g/mol. The van der Waals surface area contributed by atoms with Crippen molar-refractivity contribution in [2.75, 3.05) is 19.7 Å². The molecule has 2 atom stereocenters. The van der Waals surface area contributed by atoms with Crippen LogP contribution in [0.25, 0.3) is 0 Å². The second-order valence-electron chi connectivity index (χ2n) is 11.5. The summed E-state index contributed by atoms with van der Waals surface area (Å²) in [6.07, 6.45) is 0.406. The molecule has 0 aliphatic carbocycles. The van der Waals surface area contributed by atoms with E-state index in [1.807, 2.05) is 74.5 Å². The highest BCUT2D eigenvalue weighted by atomic mass is 16.5. The van der Waals surface area contributed by atoms with Gasteiger partial charge in [0, 0.05) is 18.5 Å². The monoisotopic (exact) mass is 519 g/mol. The number of piperidine rings is 1. The van der Waals surface area contributed by atoms with Crippen LogP contribution in [0.2, 0.25) is 0 Å².